The molecule has 2 amide bonds. The van der Waals surface area contributed by atoms with Crippen molar-refractivity contribution in [1.82, 2.24) is 0 Å². The molecule has 0 aliphatic carbocycles. The zero-order valence-corrected chi connectivity index (χ0v) is 15.8. The number of aromatic carboxylic acids is 1. The first-order valence-corrected chi connectivity index (χ1v) is 9.11. The molecule has 1 atom stereocenters. The SMILES string of the molecule is CCCOc1ccc(N2C(=O)CC(Nc3cc(C(=O)O)ccc3C)C2=O)cc1. The van der Waals surface area contributed by atoms with Gasteiger partial charge in [-0.2, -0.15) is 0 Å². The molecular formula is C21H22N2O5. The summed E-state index contributed by atoms with van der Waals surface area (Å²) in [7, 11) is 0. The molecule has 7 nitrogen and oxygen atoms in total. The third kappa shape index (κ3) is 3.98. The van der Waals surface area contributed by atoms with E-state index in [2.05, 4.69) is 5.32 Å². The number of hydrogen-bond donors (Lipinski definition) is 2. The number of carboxylic acid groups (broad SMARTS) is 1. The van der Waals surface area contributed by atoms with E-state index in [9.17, 15) is 14.4 Å². The zero-order chi connectivity index (χ0) is 20.3. The van der Waals surface area contributed by atoms with Gasteiger partial charge in [-0.1, -0.05) is 13.0 Å². The van der Waals surface area contributed by atoms with Crippen LogP contribution < -0.4 is 15.0 Å². The summed E-state index contributed by atoms with van der Waals surface area (Å²) in [5.41, 5.74) is 1.92. The van der Waals surface area contributed by atoms with Gasteiger partial charge in [0.2, 0.25) is 5.91 Å². The Morgan fingerprint density at radius 2 is 1.93 bits per heavy atom. The van der Waals surface area contributed by atoms with Crippen molar-refractivity contribution in [2.75, 3.05) is 16.8 Å². The quantitative estimate of drug-likeness (QED) is 0.714. The second kappa shape index (κ2) is 8.12. The fourth-order valence-corrected chi connectivity index (χ4v) is 3.03. The van der Waals surface area contributed by atoms with E-state index in [1.165, 1.54) is 12.1 Å². The molecular weight excluding hydrogens is 360 g/mol. The van der Waals surface area contributed by atoms with Crippen molar-refractivity contribution >= 4 is 29.2 Å². The highest BCUT2D eigenvalue weighted by Crippen LogP contribution is 2.28. The van der Waals surface area contributed by atoms with Gasteiger partial charge in [0.25, 0.3) is 5.91 Å². The number of carbonyl (C=O) groups is 3. The number of carbonyl (C=O) groups excluding carboxylic acids is 2. The minimum atomic E-state index is -1.05. The van der Waals surface area contributed by atoms with Gasteiger partial charge in [0, 0.05) is 5.69 Å². The number of imide groups is 1. The van der Waals surface area contributed by atoms with E-state index < -0.39 is 12.0 Å². The largest absolute Gasteiger partial charge is 0.494 e. The van der Waals surface area contributed by atoms with Gasteiger partial charge in [-0.3, -0.25) is 9.59 Å². The van der Waals surface area contributed by atoms with Gasteiger partial charge in [-0.25, -0.2) is 9.69 Å². The molecule has 1 heterocycles. The Balaban J connectivity index is 1.77. The monoisotopic (exact) mass is 382 g/mol. The maximum atomic E-state index is 12.8. The third-order valence-electron chi connectivity index (χ3n) is 4.53. The summed E-state index contributed by atoms with van der Waals surface area (Å²) in [6.07, 6.45) is 0.893. The van der Waals surface area contributed by atoms with Gasteiger partial charge in [-0.05, 0) is 55.3 Å². The van der Waals surface area contributed by atoms with Crippen molar-refractivity contribution < 1.29 is 24.2 Å². The summed E-state index contributed by atoms with van der Waals surface area (Å²) in [4.78, 5) is 37.6. The van der Waals surface area contributed by atoms with Crippen LogP contribution in [0.5, 0.6) is 5.75 Å². The molecule has 3 rings (SSSR count). The molecule has 2 N–H and O–H groups in total. The number of ether oxygens (including phenoxy) is 1. The van der Waals surface area contributed by atoms with Gasteiger partial charge in [0.1, 0.15) is 11.8 Å². The molecule has 28 heavy (non-hydrogen) atoms. The number of carboxylic acids is 1. The molecule has 0 bridgehead atoms. The van der Waals surface area contributed by atoms with Crippen LogP contribution in [0.4, 0.5) is 11.4 Å². The summed E-state index contributed by atoms with van der Waals surface area (Å²) in [6, 6.07) is 10.7. The first kappa shape index (κ1) is 19.4. The molecule has 1 aliphatic heterocycles. The second-order valence-electron chi connectivity index (χ2n) is 6.65. The van der Waals surface area contributed by atoms with Crippen molar-refractivity contribution in [3.05, 3.63) is 53.6 Å². The topological polar surface area (TPSA) is 95.9 Å². The van der Waals surface area contributed by atoms with Crippen LogP contribution in [0.15, 0.2) is 42.5 Å². The van der Waals surface area contributed by atoms with Crippen LogP contribution >= 0.6 is 0 Å². The molecule has 2 aromatic carbocycles. The van der Waals surface area contributed by atoms with Gasteiger partial charge < -0.3 is 15.2 Å². The molecule has 7 heteroatoms. The first-order chi connectivity index (χ1) is 13.4. The number of hydrogen-bond acceptors (Lipinski definition) is 5. The van der Waals surface area contributed by atoms with Crippen LogP contribution in [0.25, 0.3) is 0 Å². The Labute approximate surface area is 162 Å². The fourth-order valence-electron chi connectivity index (χ4n) is 3.03. The molecule has 1 unspecified atom stereocenters. The summed E-state index contributed by atoms with van der Waals surface area (Å²) in [6.45, 7) is 4.42. The molecule has 0 spiro atoms. The van der Waals surface area contributed by atoms with Crippen molar-refractivity contribution in [1.29, 1.82) is 0 Å². The van der Waals surface area contributed by atoms with Crippen molar-refractivity contribution in [3.63, 3.8) is 0 Å². The van der Waals surface area contributed by atoms with Gasteiger partial charge in [0.15, 0.2) is 0 Å². The fraction of sp³-hybridized carbons (Fsp3) is 0.286. The molecule has 1 fully saturated rings. The molecule has 2 aromatic rings. The molecule has 0 aromatic heterocycles. The van der Waals surface area contributed by atoms with Crippen molar-refractivity contribution in [3.8, 4) is 5.75 Å². The number of aryl methyl sites for hydroxylation is 1. The highest BCUT2D eigenvalue weighted by Gasteiger charge is 2.39. The summed E-state index contributed by atoms with van der Waals surface area (Å²) >= 11 is 0. The van der Waals surface area contributed by atoms with Crippen LogP contribution in [0.1, 0.15) is 35.7 Å². The lowest BCUT2D eigenvalue weighted by atomic mass is 10.1. The third-order valence-corrected chi connectivity index (χ3v) is 4.53. The van der Waals surface area contributed by atoms with Crippen molar-refractivity contribution in [2.45, 2.75) is 32.7 Å². The lowest BCUT2D eigenvalue weighted by Gasteiger charge is -2.17. The molecule has 1 saturated heterocycles. The van der Waals surface area contributed by atoms with E-state index in [4.69, 9.17) is 9.84 Å². The van der Waals surface area contributed by atoms with E-state index >= 15 is 0 Å². The van der Waals surface area contributed by atoms with E-state index in [-0.39, 0.29) is 23.8 Å². The summed E-state index contributed by atoms with van der Waals surface area (Å²) in [5, 5.41) is 12.2. The minimum Gasteiger partial charge on any atom is -0.494 e. The predicted octanol–water partition coefficient (Wildman–Crippen LogP) is 3.23. The number of nitrogens with zero attached hydrogens (tertiary/aromatic N) is 1. The highest BCUT2D eigenvalue weighted by atomic mass is 16.5. The first-order valence-electron chi connectivity index (χ1n) is 9.11. The highest BCUT2D eigenvalue weighted by molar-refractivity contribution is 6.23. The van der Waals surface area contributed by atoms with E-state index in [1.54, 1.807) is 30.3 Å². The molecule has 146 valence electrons. The number of anilines is 2. The molecule has 0 radical (unpaired) electrons. The zero-order valence-electron chi connectivity index (χ0n) is 15.8. The number of rotatable bonds is 7. The van der Waals surface area contributed by atoms with Crippen LogP contribution in [0.2, 0.25) is 0 Å². The second-order valence-corrected chi connectivity index (χ2v) is 6.65. The Morgan fingerprint density at radius 1 is 1.21 bits per heavy atom. The summed E-state index contributed by atoms with van der Waals surface area (Å²) < 4.78 is 5.52. The Hall–Kier alpha value is -3.35. The van der Waals surface area contributed by atoms with Crippen LogP contribution in [-0.2, 0) is 9.59 Å². The smallest absolute Gasteiger partial charge is 0.335 e. The Bertz CT molecular complexity index is 908. The maximum absolute atomic E-state index is 12.8. The lowest BCUT2D eigenvalue weighted by Crippen LogP contribution is -2.34. The number of benzene rings is 2. The van der Waals surface area contributed by atoms with Crippen molar-refractivity contribution in [2.24, 2.45) is 0 Å². The van der Waals surface area contributed by atoms with Crippen LogP contribution in [-0.4, -0.2) is 35.5 Å². The molecule has 0 saturated carbocycles. The Morgan fingerprint density at radius 3 is 2.57 bits per heavy atom. The van der Waals surface area contributed by atoms with E-state index in [0.29, 0.717) is 23.7 Å². The van der Waals surface area contributed by atoms with E-state index in [0.717, 1.165) is 16.9 Å². The normalized spacial score (nSPS) is 16.4. The Kier molecular flexibility index (Phi) is 5.63. The maximum Gasteiger partial charge on any atom is 0.335 e. The van der Waals surface area contributed by atoms with E-state index in [1.807, 2.05) is 13.8 Å². The standard InChI is InChI=1S/C21H22N2O5/c1-3-10-28-16-8-6-15(7-9-16)23-19(24)12-18(20(23)25)22-17-11-14(21(26)27)5-4-13(17)2/h4-9,11,18,22H,3,10,12H2,1-2H3,(H,26,27). The summed E-state index contributed by atoms with van der Waals surface area (Å²) in [5.74, 6) is -1.05. The average Bonchev–Trinajstić information content (AvgIpc) is 2.95. The molecule has 1 aliphatic rings. The van der Waals surface area contributed by atoms with Gasteiger partial charge in [-0.15, -0.1) is 0 Å². The van der Waals surface area contributed by atoms with Gasteiger partial charge in [0.05, 0.1) is 24.3 Å². The predicted molar refractivity (Wildman–Crippen MR) is 105 cm³/mol. The number of amides is 2. The lowest BCUT2D eigenvalue weighted by molar-refractivity contribution is -0.121. The average molecular weight is 382 g/mol. The van der Waals surface area contributed by atoms with Crippen LogP contribution in [0.3, 0.4) is 0 Å². The van der Waals surface area contributed by atoms with Gasteiger partial charge >= 0.3 is 5.97 Å². The number of nitrogens with one attached hydrogen (secondary N) is 1. The minimum absolute atomic E-state index is 0.00363. The van der Waals surface area contributed by atoms with Crippen LogP contribution in [0, 0.1) is 6.92 Å².